The van der Waals surface area contributed by atoms with E-state index in [-0.39, 0.29) is 0 Å². The van der Waals surface area contributed by atoms with E-state index in [1.54, 1.807) is 24.3 Å². The molecule has 1 unspecified atom stereocenters. The van der Waals surface area contributed by atoms with Gasteiger partial charge in [-0.3, -0.25) is 4.79 Å². The van der Waals surface area contributed by atoms with Crippen LogP contribution in [0.4, 0.5) is 0 Å². The van der Waals surface area contributed by atoms with Crippen LogP contribution in [0.15, 0.2) is 24.3 Å². The van der Waals surface area contributed by atoms with Crippen LogP contribution in [0.5, 0.6) is 5.75 Å². The lowest BCUT2D eigenvalue weighted by Crippen LogP contribution is -2.27. The van der Waals surface area contributed by atoms with Crippen LogP contribution in [0.1, 0.15) is 11.6 Å². The number of carbonyl (C=O) groups excluding carboxylic acids is 1. The number of ether oxygens (including phenoxy) is 1. The smallest absolute Gasteiger partial charge is 0.330 e. The first kappa shape index (κ1) is 11.0. The molecule has 2 N–H and O–H groups in total. The van der Waals surface area contributed by atoms with Crippen molar-refractivity contribution in [2.45, 2.75) is 6.04 Å². The van der Waals surface area contributed by atoms with Crippen LogP contribution < -0.4 is 10.1 Å². The normalized spacial score (nSPS) is 11.5. The van der Waals surface area contributed by atoms with Gasteiger partial charge in [0.05, 0.1) is 7.11 Å². The highest BCUT2D eigenvalue weighted by atomic mass is 16.5. The number of benzene rings is 1. The number of nitrogens with one attached hydrogen (secondary N) is 1. The van der Waals surface area contributed by atoms with Crippen LogP contribution in [0.3, 0.4) is 0 Å². The van der Waals surface area contributed by atoms with Gasteiger partial charge in [0.2, 0.25) is 6.41 Å². The third-order valence-electron chi connectivity index (χ3n) is 1.91. The Balaban J connectivity index is 2.99. The summed E-state index contributed by atoms with van der Waals surface area (Å²) in [5.41, 5.74) is 0.467. The van der Waals surface area contributed by atoms with Crippen molar-refractivity contribution in [3.8, 4) is 5.75 Å². The summed E-state index contributed by atoms with van der Waals surface area (Å²) in [4.78, 5) is 21.1. The first-order chi connectivity index (χ1) is 7.19. The molecule has 1 amide bonds. The second kappa shape index (κ2) is 4.99. The lowest BCUT2D eigenvalue weighted by atomic mass is 10.1. The molecular weight excluding hydrogens is 198 g/mol. The molecule has 1 atom stereocenters. The van der Waals surface area contributed by atoms with Crippen molar-refractivity contribution >= 4 is 12.4 Å². The molecule has 5 nitrogen and oxygen atoms in total. The molecule has 5 heteroatoms. The summed E-state index contributed by atoms with van der Waals surface area (Å²) in [5, 5.41) is 11.1. The third kappa shape index (κ3) is 2.70. The van der Waals surface area contributed by atoms with E-state index < -0.39 is 12.0 Å². The molecular formula is C10H11NO4. The maximum Gasteiger partial charge on any atom is 0.330 e. The molecule has 1 rings (SSSR count). The summed E-state index contributed by atoms with van der Waals surface area (Å²) in [6.07, 6.45) is 0.359. The predicted octanol–water partition coefficient (Wildman–Crippen LogP) is 0.567. The van der Waals surface area contributed by atoms with Crippen LogP contribution in [0, 0.1) is 0 Å². The molecule has 0 aliphatic heterocycles. The first-order valence-corrected chi connectivity index (χ1v) is 4.25. The van der Waals surface area contributed by atoms with Crippen molar-refractivity contribution < 1.29 is 19.4 Å². The molecule has 0 radical (unpaired) electrons. The molecule has 1 aromatic rings. The Morgan fingerprint density at radius 2 is 2.33 bits per heavy atom. The van der Waals surface area contributed by atoms with Gasteiger partial charge in [0.15, 0.2) is 6.04 Å². The molecule has 0 fully saturated rings. The maximum absolute atomic E-state index is 10.8. The minimum Gasteiger partial charge on any atom is -0.497 e. The van der Waals surface area contributed by atoms with Crippen LogP contribution in [0.2, 0.25) is 0 Å². The van der Waals surface area contributed by atoms with Crippen LogP contribution in [0.25, 0.3) is 0 Å². The summed E-state index contributed by atoms with van der Waals surface area (Å²) in [7, 11) is 1.49. The Morgan fingerprint density at radius 3 is 2.87 bits per heavy atom. The highest BCUT2D eigenvalue weighted by Gasteiger charge is 2.18. The number of carbonyl (C=O) groups is 2. The molecule has 0 saturated heterocycles. The zero-order valence-electron chi connectivity index (χ0n) is 8.14. The Labute approximate surface area is 86.7 Å². The van der Waals surface area contributed by atoms with Crippen molar-refractivity contribution in [3.63, 3.8) is 0 Å². The van der Waals surface area contributed by atoms with Crippen LogP contribution in [-0.2, 0) is 9.59 Å². The number of methoxy groups -OCH3 is 1. The molecule has 15 heavy (non-hydrogen) atoms. The topological polar surface area (TPSA) is 75.6 Å². The molecule has 80 valence electrons. The molecule has 0 heterocycles. The van der Waals surface area contributed by atoms with Gasteiger partial charge in [0.25, 0.3) is 0 Å². The molecule has 0 saturated carbocycles. The number of hydrogen-bond donors (Lipinski definition) is 2. The van der Waals surface area contributed by atoms with Crippen molar-refractivity contribution in [2.75, 3.05) is 7.11 Å². The SMILES string of the molecule is COc1cccc(C(NC=O)C(=O)O)c1. The fourth-order valence-corrected chi connectivity index (χ4v) is 1.20. The standard InChI is InChI=1S/C10H11NO4/c1-15-8-4-2-3-7(5-8)9(10(13)14)11-6-12/h2-6,9H,1H3,(H,11,12)(H,13,14). The second-order valence-electron chi connectivity index (χ2n) is 2.83. The molecule has 0 bridgehead atoms. The van der Waals surface area contributed by atoms with E-state index in [2.05, 4.69) is 5.32 Å². The molecule has 0 spiro atoms. The predicted molar refractivity (Wildman–Crippen MR) is 52.6 cm³/mol. The average Bonchev–Trinajstić information content (AvgIpc) is 2.25. The molecule has 0 aromatic heterocycles. The van der Waals surface area contributed by atoms with Crippen molar-refractivity contribution in [1.82, 2.24) is 5.32 Å². The molecule has 0 aliphatic carbocycles. The molecule has 0 aliphatic rings. The Morgan fingerprint density at radius 1 is 1.60 bits per heavy atom. The van der Waals surface area contributed by atoms with Gasteiger partial charge in [-0.25, -0.2) is 4.79 Å². The van der Waals surface area contributed by atoms with E-state index in [4.69, 9.17) is 9.84 Å². The van der Waals surface area contributed by atoms with Crippen molar-refractivity contribution in [2.24, 2.45) is 0 Å². The van der Waals surface area contributed by atoms with Crippen molar-refractivity contribution in [1.29, 1.82) is 0 Å². The Kier molecular flexibility index (Phi) is 3.68. The van der Waals surface area contributed by atoms with Gasteiger partial charge in [-0.2, -0.15) is 0 Å². The van der Waals surface area contributed by atoms with Gasteiger partial charge < -0.3 is 15.2 Å². The summed E-state index contributed by atoms with van der Waals surface area (Å²) in [6.45, 7) is 0. The fourth-order valence-electron chi connectivity index (χ4n) is 1.20. The maximum atomic E-state index is 10.8. The highest BCUT2D eigenvalue weighted by molar-refractivity contribution is 5.78. The fraction of sp³-hybridized carbons (Fsp3) is 0.200. The number of carboxylic acid groups (broad SMARTS) is 1. The van der Waals surface area contributed by atoms with Crippen LogP contribution in [-0.4, -0.2) is 24.6 Å². The van der Waals surface area contributed by atoms with Gasteiger partial charge in [-0.05, 0) is 17.7 Å². The summed E-state index contributed by atoms with van der Waals surface area (Å²) in [5.74, 6) is -0.568. The largest absolute Gasteiger partial charge is 0.497 e. The Hall–Kier alpha value is -2.04. The lowest BCUT2D eigenvalue weighted by Gasteiger charge is -2.12. The van der Waals surface area contributed by atoms with E-state index in [9.17, 15) is 9.59 Å². The average molecular weight is 209 g/mol. The second-order valence-corrected chi connectivity index (χ2v) is 2.83. The number of carboxylic acids is 1. The lowest BCUT2D eigenvalue weighted by molar-refractivity contribution is -0.140. The minimum atomic E-state index is -1.12. The van der Waals surface area contributed by atoms with Crippen LogP contribution >= 0.6 is 0 Å². The third-order valence-corrected chi connectivity index (χ3v) is 1.91. The van der Waals surface area contributed by atoms with Gasteiger partial charge in [0.1, 0.15) is 5.75 Å². The summed E-state index contributed by atoms with van der Waals surface area (Å²) in [6, 6.07) is 5.49. The monoisotopic (exact) mass is 209 g/mol. The highest BCUT2D eigenvalue weighted by Crippen LogP contribution is 2.18. The van der Waals surface area contributed by atoms with Gasteiger partial charge in [0, 0.05) is 0 Å². The number of aliphatic carboxylic acids is 1. The van der Waals surface area contributed by atoms with Gasteiger partial charge in [-0.1, -0.05) is 12.1 Å². The number of hydrogen-bond acceptors (Lipinski definition) is 3. The van der Waals surface area contributed by atoms with E-state index in [0.717, 1.165) is 0 Å². The van der Waals surface area contributed by atoms with E-state index in [1.165, 1.54) is 7.11 Å². The van der Waals surface area contributed by atoms with Gasteiger partial charge in [-0.15, -0.1) is 0 Å². The zero-order chi connectivity index (χ0) is 11.3. The summed E-state index contributed by atoms with van der Waals surface area (Å²) >= 11 is 0. The van der Waals surface area contributed by atoms with E-state index >= 15 is 0 Å². The number of amides is 1. The molecule has 1 aromatic carbocycles. The Bertz CT molecular complexity index is 364. The first-order valence-electron chi connectivity index (χ1n) is 4.25. The van der Waals surface area contributed by atoms with Crippen molar-refractivity contribution in [3.05, 3.63) is 29.8 Å². The van der Waals surface area contributed by atoms with E-state index in [1.807, 2.05) is 0 Å². The quantitative estimate of drug-likeness (QED) is 0.695. The van der Waals surface area contributed by atoms with Gasteiger partial charge >= 0.3 is 5.97 Å². The number of rotatable bonds is 5. The minimum absolute atomic E-state index is 0.359. The zero-order valence-corrected chi connectivity index (χ0v) is 8.14. The van der Waals surface area contributed by atoms with E-state index in [0.29, 0.717) is 17.7 Å². The summed E-state index contributed by atoms with van der Waals surface area (Å²) < 4.78 is 4.95.